The summed E-state index contributed by atoms with van der Waals surface area (Å²) in [6, 6.07) is 79.3. The van der Waals surface area contributed by atoms with Gasteiger partial charge in [-0.3, -0.25) is 0 Å². The summed E-state index contributed by atoms with van der Waals surface area (Å²) < 4.78 is 4.34. The van der Waals surface area contributed by atoms with E-state index >= 15 is 0 Å². The molecule has 12 aromatic rings. The first-order valence-electron chi connectivity index (χ1n) is 23.1. The number of hydrogen-bond donors (Lipinski definition) is 0. The maximum absolute atomic E-state index is 11.7. The molecule has 330 valence electrons. The molecule has 8 nitrogen and oxygen atoms in total. The van der Waals surface area contributed by atoms with Gasteiger partial charge in [0.15, 0.2) is 0 Å². The SMILES string of the molecule is N#Cc1cc(C#N)cc(-c2ccc3c(c2)c2ccccc2n3-c2cc(-c3cc(-c4ccccc4)nc(-c4ccccc4)c3)cc(-n3c4ccccc4c4cc(-c5cc(C#N)cc(C#N)c5)ccc43)c2C#N)c1. The topological polar surface area (TPSA) is 142 Å². The van der Waals surface area contributed by atoms with E-state index in [1.807, 2.05) is 72.8 Å². The summed E-state index contributed by atoms with van der Waals surface area (Å²) in [7, 11) is 0. The zero-order chi connectivity index (χ0) is 48.9. The minimum atomic E-state index is 0.402. The molecule has 0 atom stereocenters. The Morgan fingerprint density at radius 3 is 1.04 bits per heavy atom. The summed E-state index contributed by atoms with van der Waals surface area (Å²) in [5.74, 6) is 0. The number of rotatable bonds is 7. The maximum Gasteiger partial charge on any atom is 0.104 e. The third-order valence-corrected chi connectivity index (χ3v) is 13.4. The van der Waals surface area contributed by atoms with Gasteiger partial charge in [0.25, 0.3) is 0 Å². The molecular formula is C64H34N8. The molecule has 3 aromatic heterocycles. The standard InChI is InChI=1S/C64H34N8/c65-35-40-23-41(36-66)26-48(25-40)46-19-21-61-54(29-46)52-15-7-9-17-59(52)71(61)63-33-51(50-31-57(44-11-3-1-4-12-44)70-58(32-50)45-13-5-2-6-14-45)34-64(56(63)39-69)72-60-18-10-8-16-53(60)55-30-47(20-22-62(55)72)49-27-42(37-67)24-43(28-49)38-68/h1-34H. The second kappa shape index (κ2) is 17.4. The molecular weight excluding hydrogens is 881 g/mol. The van der Waals surface area contributed by atoms with Crippen molar-refractivity contribution in [2.75, 3.05) is 0 Å². The number of nitrogens with zero attached hydrogens (tertiary/aromatic N) is 8. The van der Waals surface area contributed by atoms with E-state index in [0.29, 0.717) is 39.2 Å². The predicted molar refractivity (Wildman–Crippen MR) is 284 cm³/mol. The van der Waals surface area contributed by atoms with Crippen LogP contribution in [0.25, 0.3) is 111 Å². The minimum absolute atomic E-state index is 0.402. The van der Waals surface area contributed by atoms with Crippen molar-refractivity contribution in [3.8, 4) is 97.6 Å². The molecule has 0 fully saturated rings. The lowest BCUT2D eigenvalue weighted by atomic mass is 9.96. The van der Waals surface area contributed by atoms with Crippen molar-refractivity contribution in [1.82, 2.24) is 14.1 Å². The van der Waals surface area contributed by atoms with Crippen LogP contribution in [0, 0.1) is 56.7 Å². The Hall–Kier alpha value is -10.8. The van der Waals surface area contributed by atoms with E-state index in [-0.39, 0.29) is 0 Å². The molecule has 0 saturated heterocycles. The highest BCUT2D eigenvalue weighted by molar-refractivity contribution is 6.12. The third kappa shape index (κ3) is 7.17. The molecule has 3 heterocycles. The van der Waals surface area contributed by atoms with Gasteiger partial charge in [0.1, 0.15) is 11.6 Å². The zero-order valence-electron chi connectivity index (χ0n) is 38.2. The monoisotopic (exact) mass is 914 g/mol. The van der Waals surface area contributed by atoms with Crippen LogP contribution in [0.4, 0.5) is 0 Å². The highest BCUT2D eigenvalue weighted by Crippen LogP contribution is 2.43. The quantitative estimate of drug-likeness (QED) is 0.156. The second-order valence-electron chi connectivity index (χ2n) is 17.6. The van der Waals surface area contributed by atoms with Crippen LogP contribution >= 0.6 is 0 Å². The first-order valence-corrected chi connectivity index (χ1v) is 23.1. The molecule has 0 radical (unpaired) electrons. The maximum atomic E-state index is 11.7. The summed E-state index contributed by atoms with van der Waals surface area (Å²) in [5.41, 5.74) is 15.4. The fourth-order valence-electron chi connectivity index (χ4n) is 10.1. The van der Waals surface area contributed by atoms with Crippen LogP contribution in [-0.2, 0) is 0 Å². The molecule has 0 aliphatic rings. The average molecular weight is 915 g/mol. The number of para-hydroxylation sites is 2. The van der Waals surface area contributed by atoms with E-state index in [9.17, 15) is 26.3 Å². The smallest absolute Gasteiger partial charge is 0.104 e. The summed E-state index contributed by atoms with van der Waals surface area (Å²) >= 11 is 0. The summed E-state index contributed by atoms with van der Waals surface area (Å²) in [6.07, 6.45) is 0. The van der Waals surface area contributed by atoms with E-state index < -0.39 is 0 Å². The molecule has 0 spiro atoms. The van der Waals surface area contributed by atoms with Crippen LogP contribution in [0.1, 0.15) is 27.8 Å². The Morgan fingerprint density at radius 2 is 0.639 bits per heavy atom. The number of pyridine rings is 1. The van der Waals surface area contributed by atoms with Gasteiger partial charge in [-0.05, 0) is 130 Å². The van der Waals surface area contributed by atoms with Crippen molar-refractivity contribution in [3.05, 3.63) is 234 Å². The Bertz CT molecular complexity index is 4110. The third-order valence-electron chi connectivity index (χ3n) is 13.4. The number of aromatic nitrogens is 3. The summed E-state index contributed by atoms with van der Waals surface area (Å²) in [6.45, 7) is 0. The van der Waals surface area contributed by atoms with E-state index in [2.05, 4.69) is 137 Å². The lowest BCUT2D eigenvalue weighted by molar-refractivity contribution is 1.12. The molecule has 72 heavy (non-hydrogen) atoms. The number of fused-ring (bicyclic) bond motifs is 6. The van der Waals surface area contributed by atoms with Gasteiger partial charge >= 0.3 is 0 Å². The van der Waals surface area contributed by atoms with Crippen molar-refractivity contribution in [1.29, 1.82) is 26.3 Å². The fraction of sp³-hybridized carbons (Fsp3) is 0. The average Bonchev–Trinajstić information content (AvgIpc) is 3.96. The van der Waals surface area contributed by atoms with E-state index in [1.165, 1.54) is 0 Å². The normalized spacial score (nSPS) is 11.0. The van der Waals surface area contributed by atoms with Crippen LogP contribution < -0.4 is 0 Å². The Labute approximate surface area is 413 Å². The van der Waals surface area contributed by atoms with Crippen molar-refractivity contribution in [3.63, 3.8) is 0 Å². The number of nitriles is 5. The molecule has 9 aromatic carbocycles. The minimum Gasteiger partial charge on any atom is -0.308 e. The summed E-state index contributed by atoms with van der Waals surface area (Å²) in [4.78, 5) is 5.22. The summed E-state index contributed by atoms with van der Waals surface area (Å²) in [5, 5.41) is 55.0. The van der Waals surface area contributed by atoms with Gasteiger partial charge in [-0.15, -0.1) is 0 Å². The van der Waals surface area contributed by atoms with E-state index in [1.54, 1.807) is 36.4 Å². The second-order valence-corrected chi connectivity index (χ2v) is 17.6. The van der Waals surface area contributed by atoms with E-state index in [4.69, 9.17) is 4.98 Å². The Balaban J connectivity index is 1.17. The fourth-order valence-corrected chi connectivity index (χ4v) is 10.1. The molecule has 0 aliphatic carbocycles. The zero-order valence-corrected chi connectivity index (χ0v) is 38.2. The number of benzene rings is 9. The highest BCUT2D eigenvalue weighted by atomic mass is 15.0. The predicted octanol–water partition coefficient (Wildman–Crippen LogP) is 15.0. The first kappa shape index (κ1) is 42.5. The van der Waals surface area contributed by atoms with Crippen LogP contribution in [-0.4, -0.2) is 14.1 Å². The van der Waals surface area contributed by atoms with Gasteiger partial charge in [0.2, 0.25) is 0 Å². The van der Waals surface area contributed by atoms with E-state index in [0.717, 1.165) is 99.5 Å². The molecule has 12 rings (SSSR count). The van der Waals surface area contributed by atoms with Crippen LogP contribution in [0.2, 0.25) is 0 Å². The lowest BCUT2D eigenvalue weighted by Crippen LogP contribution is -2.05. The molecule has 0 aliphatic heterocycles. The van der Waals surface area contributed by atoms with Gasteiger partial charge in [0.05, 0.1) is 91.4 Å². The van der Waals surface area contributed by atoms with Gasteiger partial charge in [-0.2, -0.15) is 26.3 Å². The molecule has 8 heteroatoms. The van der Waals surface area contributed by atoms with Gasteiger partial charge in [0, 0.05) is 32.7 Å². The molecule has 0 amide bonds. The van der Waals surface area contributed by atoms with Crippen LogP contribution in [0.3, 0.4) is 0 Å². The van der Waals surface area contributed by atoms with Crippen LogP contribution in [0.5, 0.6) is 0 Å². The largest absolute Gasteiger partial charge is 0.308 e. The van der Waals surface area contributed by atoms with Gasteiger partial charge in [-0.25, -0.2) is 4.98 Å². The molecule has 0 N–H and O–H groups in total. The van der Waals surface area contributed by atoms with Crippen molar-refractivity contribution < 1.29 is 0 Å². The molecule has 0 bridgehead atoms. The van der Waals surface area contributed by atoms with Crippen LogP contribution in [0.15, 0.2) is 206 Å². The Kier molecular flexibility index (Phi) is 10.3. The lowest BCUT2D eigenvalue weighted by Gasteiger charge is -2.19. The molecule has 0 saturated carbocycles. The van der Waals surface area contributed by atoms with Gasteiger partial charge < -0.3 is 9.13 Å². The van der Waals surface area contributed by atoms with Crippen molar-refractivity contribution in [2.45, 2.75) is 0 Å². The van der Waals surface area contributed by atoms with Crippen molar-refractivity contribution >= 4 is 43.6 Å². The first-order chi connectivity index (χ1) is 35.4. The molecule has 0 unspecified atom stereocenters. The Morgan fingerprint density at radius 1 is 0.278 bits per heavy atom. The van der Waals surface area contributed by atoms with Gasteiger partial charge in [-0.1, -0.05) is 109 Å². The number of hydrogen-bond acceptors (Lipinski definition) is 6. The van der Waals surface area contributed by atoms with Crippen molar-refractivity contribution in [2.24, 2.45) is 0 Å². The highest BCUT2D eigenvalue weighted by Gasteiger charge is 2.24.